The molecule has 110 valence electrons. The van der Waals surface area contributed by atoms with E-state index in [-0.39, 0.29) is 5.54 Å². The number of likely N-dealkylation sites (tertiary alicyclic amines) is 1. The summed E-state index contributed by atoms with van der Waals surface area (Å²) in [6.07, 6.45) is 8.10. The molecule has 0 radical (unpaired) electrons. The molecule has 3 aliphatic rings. The molecule has 4 nitrogen and oxygen atoms in total. The van der Waals surface area contributed by atoms with Crippen molar-refractivity contribution in [2.24, 2.45) is 5.73 Å². The molecule has 2 unspecified atom stereocenters. The van der Waals surface area contributed by atoms with E-state index in [9.17, 15) is 0 Å². The Bertz CT molecular complexity index is 301. The second-order valence-corrected chi connectivity index (χ2v) is 6.81. The molecule has 0 saturated carbocycles. The van der Waals surface area contributed by atoms with E-state index >= 15 is 0 Å². The number of methoxy groups -OCH3 is 1. The lowest BCUT2D eigenvalue weighted by atomic mass is 9.80. The van der Waals surface area contributed by atoms with Crippen LogP contribution in [0.2, 0.25) is 0 Å². The van der Waals surface area contributed by atoms with E-state index < -0.39 is 0 Å². The number of rotatable bonds is 3. The number of nitrogens with two attached hydrogens (primary N) is 1. The van der Waals surface area contributed by atoms with Crippen molar-refractivity contribution in [1.82, 2.24) is 9.80 Å². The monoisotopic (exact) mass is 267 g/mol. The Labute approximate surface area is 117 Å². The lowest BCUT2D eigenvalue weighted by Gasteiger charge is -2.52. The first-order chi connectivity index (χ1) is 9.18. The Kier molecular flexibility index (Phi) is 3.87. The van der Waals surface area contributed by atoms with E-state index in [2.05, 4.69) is 16.8 Å². The fourth-order valence-corrected chi connectivity index (χ4v) is 4.66. The fraction of sp³-hybridized carbons (Fsp3) is 1.00. The van der Waals surface area contributed by atoms with Crippen molar-refractivity contribution in [2.45, 2.75) is 62.3 Å². The molecule has 0 aliphatic carbocycles. The van der Waals surface area contributed by atoms with Crippen molar-refractivity contribution in [1.29, 1.82) is 0 Å². The minimum Gasteiger partial charge on any atom is -0.381 e. The molecule has 2 atom stereocenters. The summed E-state index contributed by atoms with van der Waals surface area (Å²) in [6, 6.07) is 1.53. The van der Waals surface area contributed by atoms with Crippen LogP contribution >= 0.6 is 0 Å². The van der Waals surface area contributed by atoms with Gasteiger partial charge < -0.3 is 15.4 Å². The average molecular weight is 267 g/mol. The summed E-state index contributed by atoms with van der Waals surface area (Å²) in [5.74, 6) is 0. The van der Waals surface area contributed by atoms with Crippen LogP contribution in [-0.4, -0.2) is 67.3 Å². The zero-order valence-electron chi connectivity index (χ0n) is 12.5. The molecule has 3 saturated heterocycles. The number of nitrogens with zero attached hydrogens (tertiary/aromatic N) is 2. The zero-order valence-corrected chi connectivity index (χ0v) is 12.5. The average Bonchev–Trinajstić information content (AvgIpc) is 2.69. The van der Waals surface area contributed by atoms with Crippen LogP contribution in [0.15, 0.2) is 0 Å². The molecular formula is C15H29N3O. The van der Waals surface area contributed by atoms with Gasteiger partial charge in [-0.05, 0) is 45.6 Å². The van der Waals surface area contributed by atoms with Gasteiger partial charge in [-0.2, -0.15) is 0 Å². The van der Waals surface area contributed by atoms with Crippen LogP contribution < -0.4 is 5.73 Å². The molecule has 2 N–H and O–H groups in total. The third kappa shape index (κ3) is 2.33. The van der Waals surface area contributed by atoms with Crippen LogP contribution in [0.1, 0.15) is 38.5 Å². The normalized spacial score (nSPS) is 41.8. The van der Waals surface area contributed by atoms with Crippen LogP contribution in [0.25, 0.3) is 0 Å². The molecule has 3 rings (SSSR count). The highest BCUT2D eigenvalue weighted by molar-refractivity contribution is 5.07. The lowest BCUT2D eigenvalue weighted by molar-refractivity contribution is -0.0401. The summed E-state index contributed by atoms with van der Waals surface area (Å²) < 4.78 is 5.50. The van der Waals surface area contributed by atoms with E-state index in [0.717, 1.165) is 18.6 Å². The van der Waals surface area contributed by atoms with Gasteiger partial charge in [-0.25, -0.2) is 0 Å². The molecule has 0 aromatic rings. The van der Waals surface area contributed by atoms with Crippen LogP contribution in [0.3, 0.4) is 0 Å². The third-order valence-corrected chi connectivity index (χ3v) is 6.04. The second-order valence-electron chi connectivity index (χ2n) is 6.81. The first-order valence-corrected chi connectivity index (χ1v) is 7.88. The van der Waals surface area contributed by atoms with Crippen LogP contribution in [0.5, 0.6) is 0 Å². The molecule has 0 aromatic heterocycles. The lowest BCUT2D eigenvalue weighted by Crippen LogP contribution is -2.63. The number of fused-ring (bicyclic) bond motifs is 2. The maximum absolute atomic E-state index is 6.24. The first-order valence-electron chi connectivity index (χ1n) is 7.88. The van der Waals surface area contributed by atoms with Crippen molar-refractivity contribution in [3.8, 4) is 0 Å². The minimum atomic E-state index is 0.275. The van der Waals surface area contributed by atoms with Crippen molar-refractivity contribution in [3.63, 3.8) is 0 Å². The summed E-state index contributed by atoms with van der Waals surface area (Å²) in [5, 5.41) is 0. The van der Waals surface area contributed by atoms with E-state index in [1.54, 1.807) is 0 Å². The fourth-order valence-electron chi connectivity index (χ4n) is 4.66. The van der Waals surface area contributed by atoms with E-state index in [4.69, 9.17) is 10.5 Å². The van der Waals surface area contributed by atoms with Gasteiger partial charge >= 0.3 is 0 Å². The second kappa shape index (κ2) is 5.32. The largest absolute Gasteiger partial charge is 0.381 e. The van der Waals surface area contributed by atoms with Gasteiger partial charge in [0.05, 0.1) is 6.10 Å². The topological polar surface area (TPSA) is 41.7 Å². The van der Waals surface area contributed by atoms with Gasteiger partial charge in [0.25, 0.3) is 0 Å². The number of hydrogen-bond donors (Lipinski definition) is 1. The third-order valence-electron chi connectivity index (χ3n) is 6.04. The van der Waals surface area contributed by atoms with Crippen molar-refractivity contribution in [3.05, 3.63) is 0 Å². The molecular weight excluding hydrogens is 238 g/mol. The van der Waals surface area contributed by atoms with Gasteiger partial charge in [0.2, 0.25) is 0 Å². The summed E-state index contributed by atoms with van der Waals surface area (Å²) in [6.45, 7) is 3.16. The number of piperidine rings is 2. The van der Waals surface area contributed by atoms with Gasteiger partial charge in [-0.15, -0.1) is 0 Å². The summed E-state index contributed by atoms with van der Waals surface area (Å²) >= 11 is 0. The molecule has 3 fully saturated rings. The van der Waals surface area contributed by atoms with Crippen LogP contribution in [0, 0.1) is 0 Å². The van der Waals surface area contributed by atoms with Crippen molar-refractivity contribution in [2.75, 3.05) is 33.8 Å². The van der Waals surface area contributed by atoms with Crippen LogP contribution in [-0.2, 0) is 4.74 Å². The highest BCUT2D eigenvalue weighted by Gasteiger charge is 2.49. The minimum absolute atomic E-state index is 0.275. The highest BCUT2D eigenvalue weighted by Crippen LogP contribution is 2.43. The number of ether oxygens (including phenoxy) is 1. The quantitative estimate of drug-likeness (QED) is 0.830. The Morgan fingerprint density at radius 2 is 1.68 bits per heavy atom. The van der Waals surface area contributed by atoms with Crippen molar-refractivity contribution < 1.29 is 4.74 Å². The number of hydrogen-bond acceptors (Lipinski definition) is 4. The Morgan fingerprint density at radius 3 is 2.16 bits per heavy atom. The van der Waals surface area contributed by atoms with E-state index in [1.807, 2.05) is 7.11 Å². The summed E-state index contributed by atoms with van der Waals surface area (Å²) in [4.78, 5) is 5.30. The van der Waals surface area contributed by atoms with Crippen molar-refractivity contribution >= 4 is 0 Å². The van der Waals surface area contributed by atoms with Gasteiger partial charge in [0.15, 0.2) is 0 Å². The Balaban J connectivity index is 1.70. The molecule has 2 bridgehead atoms. The SMILES string of the molecule is COC1CCN(C2(CN)CC3CCC(C2)N3C)CC1. The van der Waals surface area contributed by atoms with Crippen LogP contribution in [0.4, 0.5) is 0 Å². The standard InChI is InChI=1S/C15H29N3O/c1-17-12-3-4-13(17)10-15(9-12,11-16)18-7-5-14(19-2)6-8-18/h12-14H,3-11,16H2,1-2H3. The van der Waals surface area contributed by atoms with Gasteiger partial charge in [-0.3, -0.25) is 4.90 Å². The predicted octanol–water partition coefficient (Wildman–Crippen LogP) is 1.05. The molecule has 19 heavy (non-hydrogen) atoms. The first kappa shape index (κ1) is 13.8. The Hall–Kier alpha value is -0.160. The molecule has 0 amide bonds. The van der Waals surface area contributed by atoms with E-state index in [1.165, 1.54) is 51.6 Å². The highest BCUT2D eigenvalue weighted by atomic mass is 16.5. The maximum Gasteiger partial charge on any atom is 0.0595 e. The van der Waals surface area contributed by atoms with Gasteiger partial charge in [0.1, 0.15) is 0 Å². The molecule has 0 aromatic carbocycles. The Morgan fingerprint density at radius 1 is 1.11 bits per heavy atom. The van der Waals surface area contributed by atoms with E-state index in [0.29, 0.717) is 6.10 Å². The molecule has 3 aliphatic heterocycles. The smallest absolute Gasteiger partial charge is 0.0595 e. The van der Waals surface area contributed by atoms with Gasteiger partial charge in [0, 0.05) is 44.4 Å². The van der Waals surface area contributed by atoms with Gasteiger partial charge in [-0.1, -0.05) is 0 Å². The maximum atomic E-state index is 6.24. The molecule has 4 heteroatoms. The predicted molar refractivity (Wildman–Crippen MR) is 77.2 cm³/mol. The summed E-state index contributed by atoms with van der Waals surface area (Å²) in [7, 11) is 4.15. The zero-order chi connectivity index (χ0) is 13.5. The summed E-state index contributed by atoms with van der Waals surface area (Å²) in [5.41, 5.74) is 6.52. The molecule has 3 heterocycles. The molecule has 0 spiro atoms.